The van der Waals surface area contributed by atoms with Crippen molar-refractivity contribution >= 4 is 63.9 Å². The number of anilines is 6. The molecule has 0 spiro atoms. The van der Waals surface area contributed by atoms with E-state index >= 15 is 0 Å². The predicted molar refractivity (Wildman–Crippen MR) is 385 cm³/mol. The Labute approximate surface area is 590 Å². The van der Waals surface area contributed by atoms with Crippen LogP contribution < -0.4 is 46.1 Å². The van der Waals surface area contributed by atoms with Gasteiger partial charge in [-0.15, -0.1) is 0 Å². The first kappa shape index (κ1) is 78.5. The lowest BCUT2D eigenvalue weighted by molar-refractivity contribution is -0.383. The fourth-order valence-electron chi connectivity index (χ4n) is 11.8. The molecule has 0 amide bonds. The number of likely N-dealkylation sites (tertiary alicyclic amines) is 3. The standard InChI is InChI=1S/2C24H34N6O5.C22H32N6O3/c1-3-5-14-35-24-26-22(25)21(30(32)33)23(27-24)29(17-20(31)34-4-2)16-19-10-8-18(9-11-19)15-28-12-6-7-13-28;1-3-5-13-35-24-26-22(25)21(30(32)33)23(27-24)29(17-20(31)34-4-2)16-19-10-8-9-18(14-19)15-28-11-6-7-12-28;1-3-5-14-31-22-24-20(23)19(28(29)30)21(25-22)27(4-2)16-18-11-7-6-10-17(18)15-26-12-8-9-13-26/h8-11H,3-7,12-17H2,1-2H3,(H2,25,26,27);8-10,14H,3-7,11-13,15-17H2,1-2H3,(H2,25,26,27);6-7,10-11H,3-5,8-9,12-16H2,1-2H3,(H2,23,24,25). The predicted octanol–water partition coefficient (Wildman–Crippen LogP) is 10.4. The van der Waals surface area contributed by atoms with Gasteiger partial charge in [-0.05, 0) is 151 Å². The Morgan fingerprint density at radius 2 is 0.812 bits per heavy atom. The zero-order chi connectivity index (χ0) is 72.6. The number of nitrogen functional groups attached to an aromatic ring is 3. The lowest BCUT2D eigenvalue weighted by Crippen LogP contribution is -2.32. The molecule has 0 saturated carbocycles. The molecule has 6 N–H and O–H groups in total. The minimum absolute atomic E-state index is 0.0619. The molecule has 3 aromatic carbocycles. The smallest absolute Gasteiger partial charge is 0.353 e. The Bertz CT molecular complexity index is 3630. The molecular formula is C70H100N18O13. The van der Waals surface area contributed by atoms with Crippen molar-refractivity contribution in [1.82, 2.24) is 44.6 Å². The summed E-state index contributed by atoms with van der Waals surface area (Å²) in [6.07, 6.45) is 12.5. The molecule has 101 heavy (non-hydrogen) atoms. The summed E-state index contributed by atoms with van der Waals surface area (Å²) in [7, 11) is 0. The second kappa shape index (κ2) is 41.0. The molecule has 3 aromatic heterocycles. The van der Waals surface area contributed by atoms with Crippen molar-refractivity contribution < 1.29 is 48.0 Å². The van der Waals surface area contributed by atoms with Gasteiger partial charge in [0.2, 0.25) is 34.9 Å². The highest BCUT2D eigenvalue weighted by atomic mass is 16.6. The van der Waals surface area contributed by atoms with Crippen molar-refractivity contribution in [1.29, 1.82) is 0 Å². The summed E-state index contributed by atoms with van der Waals surface area (Å²) in [6.45, 7) is 23.1. The number of aromatic nitrogens is 6. The molecule has 6 heterocycles. The first-order valence-corrected chi connectivity index (χ1v) is 35.1. The van der Waals surface area contributed by atoms with E-state index in [-0.39, 0.29) is 98.0 Å². The highest BCUT2D eigenvalue weighted by Crippen LogP contribution is 2.37. The van der Waals surface area contributed by atoms with Crippen molar-refractivity contribution in [2.24, 2.45) is 0 Å². The number of rotatable bonds is 37. The second-order valence-corrected chi connectivity index (χ2v) is 24.8. The number of benzene rings is 3. The summed E-state index contributed by atoms with van der Waals surface area (Å²) in [5.74, 6) is -1.83. The highest BCUT2D eigenvalue weighted by Gasteiger charge is 2.33. The molecule has 0 atom stereocenters. The Balaban J connectivity index is 0.000000213. The van der Waals surface area contributed by atoms with E-state index in [0.717, 1.165) is 120 Å². The monoisotopic (exact) mass is 1400 g/mol. The molecular weight excluding hydrogens is 1300 g/mol. The number of nitrogens with two attached hydrogens (primary N) is 3. The molecule has 3 saturated heterocycles. The van der Waals surface area contributed by atoms with Crippen molar-refractivity contribution in [2.75, 3.05) is 124 Å². The van der Waals surface area contributed by atoms with Gasteiger partial charge >= 0.3 is 47.0 Å². The minimum Gasteiger partial charge on any atom is -0.465 e. The molecule has 0 radical (unpaired) electrons. The van der Waals surface area contributed by atoms with Gasteiger partial charge in [-0.25, -0.2) is 0 Å². The van der Waals surface area contributed by atoms with Crippen molar-refractivity contribution in [3.05, 3.63) is 137 Å². The van der Waals surface area contributed by atoms with Crippen LogP contribution in [-0.4, -0.2) is 163 Å². The van der Waals surface area contributed by atoms with Gasteiger partial charge in [0.25, 0.3) is 0 Å². The van der Waals surface area contributed by atoms with Gasteiger partial charge in [0, 0.05) is 45.8 Å². The zero-order valence-electron chi connectivity index (χ0n) is 59.3. The maximum Gasteiger partial charge on any atom is 0.353 e. The molecule has 0 bridgehead atoms. The van der Waals surface area contributed by atoms with Crippen LogP contribution in [0.15, 0.2) is 72.8 Å². The summed E-state index contributed by atoms with van der Waals surface area (Å²) in [5.41, 5.74) is 23.0. The summed E-state index contributed by atoms with van der Waals surface area (Å²) < 4.78 is 27.0. The van der Waals surface area contributed by atoms with Crippen LogP contribution in [0.5, 0.6) is 18.0 Å². The Hall–Kier alpha value is -9.88. The summed E-state index contributed by atoms with van der Waals surface area (Å²) in [4.78, 5) is 95.5. The van der Waals surface area contributed by atoms with E-state index in [1.54, 1.807) is 13.8 Å². The molecule has 31 heteroatoms. The summed E-state index contributed by atoms with van der Waals surface area (Å²) >= 11 is 0. The number of unbranched alkanes of at least 4 members (excludes halogenated alkanes) is 3. The summed E-state index contributed by atoms with van der Waals surface area (Å²) in [6, 6.07) is 24.2. The highest BCUT2D eigenvalue weighted by molar-refractivity contribution is 5.80. The van der Waals surface area contributed by atoms with Gasteiger partial charge < -0.3 is 55.6 Å². The number of nitro groups is 3. The normalized spacial score (nSPS) is 13.7. The van der Waals surface area contributed by atoms with E-state index in [1.165, 1.54) is 59.5 Å². The van der Waals surface area contributed by atoms with Crippen LogP contribution >= 0.6 is 0 Å². The van der Waals surface area contributed by atoms with Gasteiger partial charge in [0.05, 0.1) is 47.8 Å². The Morgan fingerprint density at radius 1 is 0.446 bits per heavy atom. The maximum absolute atomic E-state index is 12.4. The fraction of sp³-hybridized carbons (Fsp3) is 0.543. The topological polar surface area (TPSA) is 385 Å². The van der Waals surface area contributed by atoms with Gasteiger partial charge in [-0.2, -0.15) is 29.9 Å². The van der Waals surface area contributed by atoms with Crippen molar-refractivity contribution in [3.63, 3.8) is 0 Å². The number of hydrogen-bond donors (Lipinski definition) is 3. The Morgan fingerprint density at radius 3 is 1.21 bits per heavy atom. The molecule has 6 aromatic rings. The van der Waals surface area contributed by atoms with Crippen LogP contribution in [0.2, 0.25) is 0 Å². The van der Waals surface area contributed by atoms with E-state index in [0.29, 0.717) is 32.9 Å². The van der Waals surface area contributed by atoms with Crippen LogP contribution in [-0.2, 0) is 58.3 Å². The molecule has 0 unspecified atom stereocenters. The van der Waals surface area contributed by atoms with Crippen LogP contribution in [0.4, 0.5) is 52.0 Å². The number of nitrogens with zero attached hydrogens (tertiary/aromatic N) is 15. The molecule has 548 valence electrons. The number of carbonyl (C=O) groups excluding carboxylic acids is 2. The number of hydrogen-bond acceptors (Lipinski definition) is 28. The van der Waals surface area contributed by atoms with Gasteiger partial charge in [0.15, 0.2) is 0 Å². The third kappa shape index (κ3) is 24.5. The van der Waals surface area contributed by atoms with E-state index in [9.17, 15) is 39.9 Å². The molecule has 3 fully saturated rings. The third-order valence-corrected chi connectivity index (χ3v) is 16.9. The third-order valence-electron chi connectivity index (χ3n) is 16.9. The van der Waals surface area contributed by atoms with Crippen LogP contribution in [0.1, 0.15) is 152 Å². The Kier molecular flexibility index (Phi) is 31.9. The first-order valence-electron chi connectivity index (χ1n) is 35.1. The molecule has 9 rings (SSSR count). The average Bonchev–Trinajstić information content (AvgIpc) is 1.22. The van der Waals surface area contributed by atoms with E-state index < -0.39 is 38.1 Å². The van der Waals surface area contributed by atoms with Crippen LogP contribution in [0, 0.1) is 30.3 Å². The zero-order valence-corrected chi connectivity index (χ0v) is 59.3. The fourth-order valence-corrected chi connectivity index (χ4v) is 11.8. The lowest BCUT2D eigenvalue weighted by Gasteiger charge is -2.25. The molecule has 31 nitrogen and oxygen atoms in total. The molecule has 3 aliphatic rings. The quantitative estimate of drug-likeness (QED) is 0.0141. The average molecular weight is 1400 g/mol. The number of esters is 2. The number of carbonyl (C=O) groups is 2. The van der Waals surface area contributed by atoms with Crippen LogP contribution in [0.25, 0.3) is 0 Å². The molecule has 0 aliphatic carbocycles. The summed E-state index contributed by atoms with van der Waals surface area (Å²) in [5, 5.41) is 35.5. The SMILES string of the molecule is CCCCOc1nc(N)c([N+](=O)[O-])c(N(CC(=O)OCC)Cc2ccc(CN3CCCC3)cc2)n1.CCCCOc1nc(N)c([N+](=O)[O-])c(N(CC(=O)OCC)Cc2cccc(CN3CCCC3)c2)n1.CCCCOc1nc(N)c([N+](=O)[O-])c(N(CC)Cc2ccccc2CN2CCCC2)n1. The van der Waals surface area contributed by atoms with Crippen LogP contribution in [0.3, 0.4) is 0 Å². The van der Waals surface area contributed by atoms with E-state index in [2.05, 4.69) is 69.7 Å². The largest absolute Gasteiger partial charge is 0.465 e. The van der Waals surface area contributed by atoms with E-state index in [4.69, 9.17) is 40.9 Å². The second-order valence-electron chi connectivity index (χ2n) is 24.8. The maximum atomic E-state index is 12.4. The minimum atomic E-state index is -0.641. The first-order chi connectivity index (χ1) is 48.8. The van der Waals surface area contributed by atoms with Gasteiger partial charge in [-0.3, -0.25) is 54.6 Å². The van der Waals surface area contributed by atoms with Crippen molar-refractivity contribution in [3.8, 4) is 18.0 Å². The van der Waals surface area contributed by atoms with Crippen molar-refractivity contribution in [2.45, 2.75) is 158 Å². The van der Waals surface area contributed by atoms with Gasteiger partial charge in [-0.1, -0.05) is 113 Å². The number of ether oxygens (including phenoxy) is 5. The van der Waals surface area contributed by atoms with E-state index in [1.807, 2.05) is 80.3 Å². The van der Waals surface area contributed by atoms with Gasteiger partial charge in [0.1, 0.15) is 13.1 Å². The molecule has 3 aliphatic heterocycles. The lowest BCUT2D eigenvalue weighted by atomic mass is 10.1.